The summed E-state index contributed by atoms with van der Waals surface area (Å²) in [5, 5.41) is 14.6. The van der Waals surface area contributed by atoms with Gasteiger partial charge in [0, 0.05) is 5.92 Å². The Kier molecular flexibility index (Phi) is 6.36. The monoisotopic (exact) mass is 458 g/mol. The summed E-state index contributed by atoms with van der Waals surface area (Å²) in [5.74, 6) is -1.82. The highest BCUT2D eigenvalue weighted by atomic mass is 16.5. The summed E-state index contributed by atoms with van der Waals surface area (Å²) in [6, 6.07) is 22.5. The molecule has 0 bridgehead atoms. The second-order valence-corrected chi connectivity index (χ2v) is 8.44. The Morgan fingerprint density at radius 2 is 1.47 bits per heavy atom. The van der Waals surface area contributed by atoms with Crippen LogP contribution in [0.15, 0.2) is 72.8 Å². The lowest BCUT2D eigenvalue weighted by molar-refractivity contribution is -0.143. The molecule has 7 nitrogen and oxygen atoms in total. The molecule has 1 atom stereocenters. The maximum absolute atomic E-state index is 12.8. The maximum Gasteiger partial charge on any atom is 0.411 e. The topological polar surface area (TPSA) is 105 Å². The minimum atomic E-state index is -1.42. The summed E-state index contributed by atoms with van der Waals surface area (Å²) in [5.41, 5.74) is 3.43. The predicted octanol–water partition coefficient (Wildman–Crippen LogP) is 5.03. The summed E-state index contributed by atoms with van der Waals surface area (Å²) in [7, 11) is 0. The first-order valence-corrected chi connectivity index (χ1v) is 11.1. The summed E-state index contributed by atoms with van der Waals surface area (Å²) >= 11 is 0. The normalized spacial score (nSPS) is 13.8. The zero-order valence-electron chi connectivity index (χ0n) is 19.0. The summed E-state index contributed by atoms with van der Waals surface area (Å²) in [6.07, 6.45) is -0.491. The number of aliphatic carboxylic acids is 1. The number of para-hydroxylation sites is 1. The lowest BCUT2D eigenvalue weighted by Crippen LogP contribution is -2.51. The Labute approximate surface area is 197 Å². The molecular weight excluding hydrogens is 432 g/mol. The number of nitrogens with one attached hydrogen (secondary N) is 2. The molecular formula is C27H26N2O5. The van der Waals surface area contributed by atoms with Gasteiger partial charge >= 0.3 is 12.1 Å². The third kappa shape index (κ3) is 4.37. The van der Waals surface area contributed by atoms with E-state index in [0.717, 1.165) is 22.3 Å². The molecule has 0 saturated carbocycles. The highest BCUT2D eigenvalue weighted by Crippen LogP contribution is 2.44. The van der Waals surface area contributed by atoms with Crippen molar-refractivity contribution in [1.82, 2.24) is 5.32 Å². The van der Waals surface area contributed by atoms with E-state index in [0.29, 0.717) is 0 Å². The van der Waals surface area contributed by atoms with E-state index in [1.54, 1.807) is 25.1 Å². The molecule has 0 heterocycles. The van der Waals surface area contributed by atoms with Gasteiger partial charge in [-0.1, -0.05) is 67.6 Å². The first kappa shape index (κ1) is 23.0. The molecule has 0 fully saturated rings. The number of hydrogen-bond donors (Lipinski definition) is 3. The fraction of sp³-hybridized carbons (Fsp3) is 0.222. The van der Waals surface area contributed by atoms with E-state index in [4.69, 9.17) is 4.74 Å². The number of carbonyl (C=O) groups is 3. The van der Waals surface area contributed by atoms with Crippen LogP contribution in [-0.2, 0) is 9.53 Å². The van der Waals surface area contributed by atoms with E-state index >= 15 is 0 Å². The number of hydrogen-bond acceptors (Lipinski definition) is 4. The standard InChI is InChI=1S/C27H26N2O5/c1-3-27(2,25(31)32)29-24(30)21-14-8-9-15-23(21)28-26(33)34-16-22-19-12-6-4-10-17(19)18-11-5-7-13-20(18)22/h4-15,22H,3,16H2,1-2H3,(H,28,33)(H,29,30)(H,31,32). The van der Waals surface area contributed by atoms with Crippen LogP contribution in [0, 0.1) is 0 Å². The molecule has 3 aromatic rings. The van der Waals surface area contributed by atoms with E-state index in [-0.39, 0.29) is 30.2 Å². The van der Waals surface area contributed by atoms with Crippen molar-refractivity contribution in [1.29, 1.82) is 0 Å². The number of rotatable bonds is 7. The maximum atomic E-state index is 12.8. The second-order valence-electron chi connectivity index (χ2n) is 8.44. The molecule has 3 aromatic carbocycles. The van der Waals surface area contributed by atoms with Gasteiger partial charge in [-0.2, -0.15) is 0 Å². The van der Waals surface area contributed by atoms with Gasteiger partial charge in [0.1, 0.15) is 12.1 Å². The molecule has 0 radical (unpaired) electrons. The van der Waals surface area contributed by atoms with E-state index in [2.05, 4.69) is 22.8 Å². The number of anilines is 1. The fourth-order valence-electron chi connectivity index (χ4n) is 4.15. The zero-order chi connectivity index (χ0) is 24.3. The van der Waals surface area contributed by atoms with Crippen molar-refractivity contribution in [3.63, 3.8) is 0 Å². The summed E-state index contributed by atoms with van der Waals surface area (Å²) in [6.45, 7) is 3.26. The summed E-state index contributed by atoms with van der Waals surface area (Å²) < 4.78 is 5.56. The number of ether oxygens (including phenoxy) is 1. The van der Waals surface area contributed by atoms with Crippen LogP contribution in [0.2, 0.25) is 0 Å². The van der Waals surface area contributed by atoms with Crippen LogP contribution in [0.1, 0.15) is 47.7 Å². The number of carboxylic acid groups (broad SMARTS) is 1. The molecule has 1 aliphatic rings. The van der Waals surface area contributed by atoms with Crippen LogP contribution in [0.5, 0.6) is 0 Å². The van der Waals surface area contributed by atoms with Gasteiger partial charge in [0.15, 0.2) is 0 Å². The average Bonchev–Trinajstić information content (AvgIpc) is 3.16. The van der Waals surface area contributed by atoms with E-state index in [1.165, 1.54) is 13.0 Å². The van der Waals surface area contributed by atoms with E-state index in [1.807, 2.05) is 36.4 Å². The predicted molar refractivity (Wildman–Crippen MR) is 129 cm³/mol. The number of carbonyl (C=O) groups excluding carboxylic acids is 2. The molecule has 0 spiro atoms. The first-order valence-electron chi connectivity index (χ1n) is 11.1. The number of carboxylic acids is 1. The van der Waals surface area contributed by atoms with Gasteiger partial charge in [0.2, 0.25) is 0 Å². The Morgan fingerprint density at radius 1 is 0.912 bits per heavy atom. The molecule has 174 valence electrons. The van der Waals surface area contributed by atoms with Crippen molar-refractivity contribution in [3.8, 4) is 11.1 Å². The van der Waals surface area contributed by atoms with Crippen molar-refractivity contribution in [3.05, 3.63) is 89.5 Å². The van der Waals surface area contributed by atoms with Crippen molar-refractivity contribution in [2.45, 2.75) is 31.7 Å². The van der Waals surface area contributed by atoms with Gasteiger partial charge < -0.3 is 15.2 Å². The third-order valence-corrected chi connectivity index (χ3v) is 6.32. The molecule has 0 saturated heterocycles. The summed E-state index contributed by atoms with van der Waals surface area (Å²) in [4.78, 5) is 37.0. The molecule has 34 heavy (non-hydrogen) atoms. The third-order valence-electron chi connectivity index (χ3n) is 6.32. The van der Waals surface area contributed by atoms with Crippen LogP contribution >= 0.6 is 0 Å². The lowest BCUT2D eigenvalue weighted by Gasteiger charge is -2.25. The van der Waals surface area contributed by atoms with Crippen molar-refractivity contribution in [2.24, 2.45) is 0 Å². The second kappa shape index (κ2) is 9.39. The SMILES string of the molecule is CCC(C)(NC(=O)c1ccccc1NC(=O)OCC1c2ccccc2-c2ccccc21)C(=O)O. The molecule has 2 amide bonds. The molecule has 1 aliphatic carbocycles. The van der Waals surface area contributed by atoms with Gasteiger partial charge in [-0.3, -0.25) is 10.1 Å². The van der Waals surface area contributed by atoms with Gasteiger partial charge in [-0.05, 0) is 47.7 Å². The molecule has 0 aromatic heterocycles. The van der Waals surface area contributed by atoms with Crippen LogP contribution in [0.25, 0.3) is 11.1 Å². The van der Waals surface area contributed by atoms with Crippen LogP contribution in [-0.4, -0.2) is 35.2 Å². The first-order chi connectivity index (χ1) is 16.3. The Balaban J connectivity index is 1.47. The minimum Gasteiger partial charge on any atom is -0.480 e. The van der Waals surface area contributed by atoms with Crippen LogP contribution in [0.4, 0.5) is 10.5 Å². The van der Waals surface area contributed by atoms with Gasteiger partial charge in [-0.15, -0.1) is 0 Å². The van der Waals surface area contributed by atoms with Crippen molar-refractivity contribution >= 4 is 23.7 Å². The van der Waals surface area contributed by atoms with Crippen LogP contribution < -0.4 is 10.6 Å². The van der Waals surface area contributed by atoms with Gasteiger partial charge in [-0.25, -0.2) is 9.59 Å². The molecule has 4 rings (SSSR count). The number of fused-ring (bicyclic) bond motifs is 3. The van der Waals surface area contributed by atoms with Crippen molar-refractivity contribution in [2.75, 3.05) is 11.9 Å². The molecule has 0 aliphatic heterocycles. The highest BCUT2D eigenvalue weighted by molar-refractivity contribution is 6.04. The molecule has 3 N–H and O–H groups in total. The van der Waals surface area contributed by atoms with Crippen LogP contribution in [0.3, 0.4) is 0 Å². The smallest absolute Gasteiger partial charge is 0.411 e. The van der Waals surface area contributed by atoms with Crippen molar-refractivity contribution < 1.29 is 24.2 Å². The lowest BCUT2D eigenvalue weighted by atomic mass is 9.98. The van der Waals surface area contributed by atoms with E-state index in [9.17, 15) is 19.5 Å². The molecule has 7 heteroatoms. The zero-order valence-corrected chi connectivity index (χ0v) is 19.0. The number of benzene rings is 3. The average molecular weight is 459 g/mol. The number of amides is 2. The van der Waals surface area contributed by atoms with Gasteiger partial charge in [0.25, 0.3) is 5.91 Å². The highest BCUT2D eigenvalue weighted by Gasteiger charge is 2.34. The Bertz CT molecular complexity index is 1210. The largest absolute Gasteiger partial charge is 0.480 e. The quantitative estimate of drug-likeness (QED) is 0.461. The fourth-order valence-corrected chi connectivity index (χ4v) is 4.15. The molecule has 1 unspecified atom stereocenters. The van der Waals surface area contributed by atoms with E-state index < -0.39 is 23.5 Å². The Hall–Kier alpha value is -4.13. The Morgan fingerprint density at radius 3 is 2.06 bits per heavy atom. The van der Waals surface area contributed by atoms with Gasteiger partial charge in [0.05, 0.1) is 11.3 Å². The minimum absolute atomic E-state index is 0.0856.